The second-order valence-corrected chi connectivity index (χ2v) is 13.5. The summed E-state index contributed by atoms with van der Waals surface area (Å²) in [6.07, 6.45) is 5.64. The summed E-state index contributed by atoms with van der Waals surface area (Å²) in [7, 11) is 0. The van der Waals surface area contributed by atoms with Crippen LogP contribution in [0.25, 0.3) is 11.0 Å². The topological polar surface area (TPSA) is 89.3 Å². The van der Waals surface area contributed by atoms with Gasteiger partial charge < -0.3 is 23.7 Å². The van der Waals surface area contributed by atoms with Crippen molar-refractivity contribution >= 4 is 22.8 Å². The molecule has 3 unspecified atom stereocenters. The van der Waals surface area contributed by atoms with E-state index in [2.05, 4.69) is 4.90 Å². The van der Waals surface area contributed by atoms with Crippen LogP contribution in [0.2, 0.25) is 0 Å². The lowest BCUT2D eigenvalue weighted by Gasteiger charge is -2.52. The number of ether oxygens (including phenoxy) is 2. The molecular weight excluding hydrogens is 544 g/mol. The summed E-state index contributed by atoms with van der Waals surface area (Å²) >= 11 is 0. The largest absolute Gasteiger partial charge is 0.487 e. The summed E-state index contributed by atoms with van der Waals surface area (Å²) in [5.41, 5.74) is 3.05. The van der Waals surface area contributed by atoms with Crippen molar-refractivity contribution in [1.82, 2.24) is 9.80 Å². The molecule has 0 N–H and O–H groups in total. The Hall–Kier alpha value is -3.81. The molecule has 5 heterocycles. The van der Waals surface area contributed by atoms with Crippen molar-refractivity contribution < 1.29 is 23.5 Å². The van der Waals surface area contributed by atoms with E-state index in [9.17, 15) is 14.4 Å². The third-order valence-electron chi connectivity index (χ3n) is 10.0. The maximum Gasteiger partial charge on any atom is 0.340 e. The lowest BCUT2D eigenvalue weighted by Crippen LogP contribution is -2.61. The van der Waals surface area contributed by atoms with Gasteiger partial charge in [-0.25, -0.2) is 4.79 Å². The number of benzene rings is 2. The first-order valence-electron chi connectivity index (χ1n) is 15.7. The number of likely N-dealkylation sites (tertiary alicyclic amines) is 1. The fourth-order valence-corrected chi connectivity index (χ4v) is 7.84. The van der Waals surface area contributed by atoms with Gasteiger partial charge in [-0.15, -0.1) is 0 Å². The molecule has 1 aromatic heterocycles. The zero-order valence-corrected chi connectivity index (χ0v) is 25.3. The first-order chi connectivity index (χ1) is 20.7. The zero-order valence-electron chi connectivity index (χ0n) is 25.3. The Balaban J connectivity index is 1.19. The molecule has 4 aliphatic rings. The standard InChI is InChI=1S/C35H40N2O6/c1-21-26(15-22-8-5-4-6-9-22)34(40)42-33-25-12-13-35(2,3)43-28(25)16-29(32(21)33)41-20-31(39)36-17-23-14-24(19-36)27-10-7-11-30(38)37(27)18-23/h4-6,8-9,16,23-24,27H,7,10-15,17-20H2,1-3H3. The molecule has 3 atom stereocenters. The molecule has 2 amide bonds. The second kappa shape index (κ2) is 10.7. The molecule has 7 rings (SSSR count). The second-order valence-electron chi connectivity index (χ2n) is 13.5. The van der Waals surface area contributed by atoms with Crippen LogP contribution in [-0.4, -0.2) is 59.5 Å². The van der Waals surface area contributed by atoms with Crippen molar-refractivity contribution in [2.45, 2.75) is 77.4 Å². The lowest BCUT2D eigenvalue weighted by molar-refractivity contribution is -0.149. The number of hydrogen-bond acceptors (Lipinski definition) is 6. The Morgan fingerprint density at radius 1 is 1.09 bits per heavy atom. The SMILES string of the molecule is Cc1c(Cc2ccccc2)c(=O)oc2c3c(cc(OCC(=O)N4CC5CC(C4)C4CCCC(=O)N4C5)c12)OC(C)(C)CC3. The number of nitrogens with zero attached hydrogens (tertiary/aromatic N) is 2. The van der Waals surface area contributed by atoms with Gasteiger partial charge in [0.05, 0.1) is 5.39 Å². The molecule has 2 bridgehead atoms. The van der Waals surface area contributed by atoms with Crippen LogP contribution in [0.15, 0.2) is 45.6 Å². The lowest BCUT2D eigenvalue weighted by atomic mass is 9.76. The number of carbonyl (C=O) groups excluding carboxylic acids is 2. The molecule has 8 heteroatoms. The molecule has 4 aliphatic heterocycles. The minimum atomic E-state index is -0.365. The Bertz CT molecular complexity index is 1640. The smallest absolute Gasteiger partial charge is 0.340 e. The van der Waals surface area contributed by atoms with Crippen molar-refractivity contribution in [3.63, 3.8) is 0 Å². The molecule has 0 aliphatic carbocycles. The molecule has 2 aromatic carbocycles. The van der Waals surface area contributed by atoms with Crippen molar-refractivity contribution in [2.75, 3.05) is 26.2 Å². The molecule has 8 nitrogen and oxygen atoms in total. The van der Waals surface area contributed by atoms with E-state index in [-0.39, 0.29) is 35.7 Å². The molecule has 3 fully saturated rings. The third-order valence-corrected chi connectivity index (χ3v) is 10.0. The monoisotopic (exact) mass is 584 g/mol. The number of amides is 2. The van der Waals surface area contributed by atoms with E-state index in [0.717, 1.165) is 60.7 Å². The normalized spacial score (nSPS) is 24.3. The minimum Gasteiger partial charge on any atom is -0.487 e. The summed E-state index contributed by atoms with van der Waals surface area (Å²) in [5, 5.41) is 0.729. The summed E-state index contributed by atoms with van der Waals surface area (Å²) in [5.74, 6) is 1.97. The summed E-state index contributed by atoms with van der Waals surface area (Å²) in [4.78, 5) is 43.5. The highest BCUT2D eigenvalue weighted by molar-refractivity contribution is 5.92. The fraction of sp³-hybridized carbons (Fsp3) is 0.514. The maximum absolute atomic E-state index is 13.6. The third kappa shape index (κ3) is 5.19. The summed E-state index contributed by atoms with van der Waals surface area (Å²) in [6.45, 7) is 7.96. The fourth-order valence-electron chi connectivity index (χ4n) is 7.84. The molecule has 43 heavy (non-hydrogen) atoms. The molecule has 3 aromatic rings. The van der Waals surface area contributed by atoms with E-state index < -0.39 is 0 Å². The highest BCUT2D eigenvalue weighted by atomic mass is 16.5. The van der Waals surface area contributed by atoms with Gasteiger partial charge in [0.2, 0.25) is 5.91 Å². The molecule has 0 saturated carbocycles. The zero-order chi connectivity index (χ0) is 29.9. The van der Waals surface area contributed by atoms with E-state index in [1.54, 1.807) is 0 Å². The van der Waals surface area contributed by atoms with Gasteiger partial charge in [-0.1, -0.05) is 30.3 Å². The molecule has 0 radical (unpaired) electrons. The van der Waals surface area contributed by atoms with Crippen LogP contribution >= 0.6 is 0 Å². The van der Waals surface area contributed by atoms with Gasteiger partial charge in [0.15, 0.2) is 6.61 Å². The quantitative estimate of drug-likeness (QED) is 0.391. The van der Waals surface area contributed by atoms with Gasteiger partial charge in [0.1, 0.15) is 22.7 Å². The van der Waals surface area contributed by atoms with E-state index in [4.69, 9.17) is 13.9 Å². The predicted molar refractivity (Wildman–Crippen MR) is 163 cm³/mol. The first-order valence-corrected chi connectivity index (χ1v) is 15.7. The van der Waals surface area contributed by atoms with Gasteiger partial charge in [0, 0.05) is 55.7 Å². The van der Waals surface area contributed by atoms with Gasteiger partial charge in [-0.3, -0.25) is 9.59 Å². The minimum absolute atomic E-state index is 0.0584. The van der Waals surface area contributed by atoms with Gasteiger partial charge >= 0.3 is 5.63 Å². The molecular formula is C35H40N2O6. The van der Waals surface area contributed by atoms with Crippen molar-refractivity contribution in [3.05, 3.63) is 69.1 Å². The van der Waals surface area contributed by atoms with E-state index in [1.807, 2.05) is 62.1 Å². The van der Waals surface area contributed by atoms with E-state index >= 15 is 0 Å². The van der Waals surface area contributed by atoms with Crippen molar-refractivity contribution in [3.8, 4) is 11.5 Å². The van der Waals surface area contributed by atoms with Gasteiger partial charge in [-0.2, -0.15) is 0 Å². The van der Waals surface area contributed by atoms with Crippen molar-refractivity contribution in [1.29, 1.82) is 0 Å². The molecule has 3 saturated heterocycles. The van der Waals surface area contributed by atoms with Crippen LogP contribution in [0.5, 0.6) is 11.5 Å². The Morgan fingerprint density at radius 2 is 1.91 bits per heavy atom. The number of carbonyl (C=O) groups is 2. The average Bonchev–Trinajstić information content (AvgIpc) is 2.98. The highest BCUT2D eigenvalue weighted by Crippen LogP contribution is 2.44. The number of aryl methyl sites for hydroxylation is 2. The number of fused-ring (bicyclic) bond motifs is 7. The molecule has 0 spiro atoms. The first kappa shape index (κ1) is 28.0. The average molecular weight is 585 g/mol. The number of piperidine rings is 3. The van der Waals surface area contributed by atoms with Crippen LogP contribution in [0.4, 0.5) is 0 Å². The Labute approximate surface area is 251 Å². The summed E-state index contributed by atoms with van der Waals surface area (Å²) < 4.78 is 18.7. The van der Waals surface area contributed by atoms with Crippen LogP contribution in [0.3, 0.4) is 0 Å². The van der Waals surface area contributed by atoms with Crippen molar-refractivity contribution in [2.24, 2.45) is 11.8 Å². The number of rotatable bonds is 5. The van der Waals surface area contributed by atoms with Crippen LogP contribution in [0, 0.1) is 18.8 Å². The Kier molecular flexibility index (Phi) is 6.98. The van der Waals surface area contributed by atoms with Gasteiger partial charge in [-0.05, 0) is 75.8 Å². The van der Waals surface area contributed by atoms with Crippen LogP contribution < -0.4 is 15.1 Å². The van der Waals surface area contributed by atoms with E-state index in [0.29, 0.717) is 60.4 Å². The summed E-state index contributed by atoms with van der Waals surface area (Å²) in [6, 6.07) is 12.0. The number of hydrogen-bond donors (Lipinski definition) is 0. The van der Waals surface area contributed by atoms with Crippen LogP contribution in [0.1, 0.15) is 68.2 Å². The van der Waals surface area contributed by atoms with Crippen LogP contribution in [-0.2, 0) is 22.4 Å². The molecule has 226 valence electrons. The van der Waals surface area contributed by atoms with E-state index in [1.165, 1.54) is 0 Å². The predicted octanol–water partition coefficient (Wildman–Crippen LogP) is 5.03. The Morgan fingerprint density at radius 3 is 2.72 bits per heavy atom. The maximum atomic E-state index is 13.6. The van der Waals surface area contributed by atoms with Gasteiger partial charge in [0.25, 0.3) is 5.91 Å². The highest BCUT2D eigenvalue weighted by Gasteiger charge is 2.45.